The first-order valence-corrected chi connectivity index (χ1v) is 8.22. The van der Waals surface area contributed by atoms with Gasteiger partial charge in [-0.15, -0.1) is 0 Å². The summed E-state index contributed by atoms with van der Waals surface area (Å²) in [5, 5.41) is 0. The number of aryl methyl sites for hydroxylation is 1. The zero-order valence-electron chi connectivity index (χ0n) is 15.1. The lowest BCUT2D eigenvalue weighted by Crippen LogP contribution is -2.07. The number of methoxy groups -OCH3 is 2. The molecule has 3 rings (SSSR count). The topological polar surface area (TPSA) is 49.7 Å². The van der Waals surface area contributed by atoms with Gasteiger partial charge in [0.2, 0.25) is 0 Å². The quantitative estimate of drug-likeness (QED) is 0.628. The van der Waals surface area contributed by atoms with E-state index in [1.165, 1.54) is 7.11 Å². The maximum Gasteiger partial charge on any atom is 0.340 e. The van der Waals surface area contributed by atoms with Crippen LogP contribution in [0.15, 0.2) is 60.8 Å². The van der Waals surface area contributed by atoms with E-state index < -0.39 is 0 Å². The van der Waals surface area contributed by atoms with Gasteiger partial charge in [0, 0.05) is 18.8 Å². The molecule has 0 spiro atoms. The zero-order chi connectivity index (χ0) is 18.5. The van der Waals surface area contributed by atoms with Crippen molar-refractivity contribution < 1.29 is 19.0 Å². The Balaban J connectivity index is 1.92. The molecule has 0 radical (unpaired) electrons. The summed E-state index contributed by atoms with van der Waals surface area (Å²) in [5.74, 6) is 1.09. The van der Waals surface area contributed by atoms with E-state index in [4.69, 9.17) is 14.2 Å². The third-order valence-corrected chi connectivity index (χ3v) is 4.15. The minimum atomic E-state index is -0.377. The molecule has 5 heteroatoms. The Hall–Kier alpha value is -3.21. The van der Waals surface area contributed by atoms with Crippen molar-refractivity contribution in [2.75, 3.05) is 14.2 Å². The van der Waals surface area contributed by atoms with Crippen LogP contribution in [-0.2, 0) is 18.4 Å². The smallest absolute Gasteiger partial charge is 0.340 e. The van der Waals surface area contributed by atoms with Gasteiger partial charge in [-0.2, -0.15) is 0 Å². The molecule has 3 aromatic rings. The van der Waals surface area contributed by atoms with Gasteiger partial charge in [-0.3, -0.25) is 0 Å². The summed E-state index contributed by atoms with van der Waals surface area (Å²) in [5.41, 5.74) is 3.06. The Morgan fingerprint density at radius 1 is 0.962 bits per heavy atom. The maximum absolute atomic E-state index is 12.4. The van der Waals surface area contributed by atoms with Crippen molar-refractivity contribution in [2.45, 2.75) is 6.61 Å². The fraction of sp³-hybridized carbons (Fsp3) is 0.190. The van der Waals surface area contributed by atoms with E-state index in [2.05, 4.69) is 0 Å². The average molecular weight is 351 g/mol. The molecule has 26 heavy (non-hydrogen) atoms. The van der Waals surface area contributed by atoms with E-state index in [9.17, 15) is 4.79 Å². The van der Waals surface area contributed by atoms with Crippen LogP contribution in [0, 0.1) is 0 Å². The van der Waals surface area contributed by atoms with E-state index in [0.717, 1.165) is 22.6 Å². The van der Waals surface area contributed by atoms with E-state index in [-0.39, 0.29) is 12.6 Å². The van der Waals surface area contributed by atoms with Crippen LogP contribution < -0.4 is 9.47 Å². The van der Waals surface area contributed by atoms with Crippen molar-refractivity contribution in [3.05, 3.63) is 71.9 Å². The van der Waals surface area contributed by atoms with Gasteiger partial charge >= 0.3 is 5.97 Å². The average Bonchev–Trinajstić information content (AvgIpc) is 3.03. The molecule has 5 nitrogen and oxygen atoms in total. The molecule has 0 saturated heterocycles. The van der Waals surface area contributed by atoms with Crippen LogP contribution in [-0.4, -0.2) is 24.8 Å². The third-order valence-electron chi connectivity index (χ3n) is 4.15. The molecule has 2 aromatic carbocycles. The summed E-state index contributed by atoms with van der Waals surface area (Å²) < 4.78 is 17.9. The lowest BCUT2D eigenvalue weighted by atomic mass is 10.1. The van der Waals surface area contributed by atoms with Gasteiger partial charge in [0.1, 0.15) is 18.1 Å². The molecule has 1 aromatic heterocycles. The lowest BCUT2D eigenvalue weighted by Gasteiger charge is -2.09. The fourth-order valence-corrected chi connectivity index (χ4v) is 2.91. The van der Waals surface area contributed by atoms with Crippen molar-refractivity contribution in [1.29, 1.82) is 0 Å². The summed E-state index contributed by atoms with van der Waals surface area (Å²) >= 11 is 0. The predicted molar refractivity (Wildman–Crippen MR) is 99.5 cm³/mol. The summed E-state index contributed by atoms with van der Waals surface area (Å²) in [7, 11) is 4.91. The number of benzene rings is 2. The molecule has 0 aliphatic rings. The van der Waals surface area contributed by atoms with Crippen LogP contribution in [0.5, 0.6) is 11.5 Å². The summed E-state index contributed by atoms with van der Waals surface area (Å²) in [4.78, 5) is 12.4. The standard InChI is InChI=1S/C21H21NO4/c1-22-13-16(14-26-18-11-9-17(24-2)10-12-18)19(21(23)25-3)20(22)15-7-5-4-6-8-15/h4-13H,14H2,1-3H3. The minimum Gasteiger partial charge on any atom is -0.497 e. The first-order valence-electron chi connectivity index (χ1n) is 8.22. The van der Waals surface area contributed by atoms with Gasteiger partial charge in [-0.05, 0) is 29.8 Å². The minimum absolute atomic E-state index is 0.261. The number of hydrogen-bond acceptors (Lipinski definition) is 4. The van der Waals surface area contributed by atoms with Gasteiger partial charge in [0.15, 0.2) is 0 Å². The number of rotatable bonds is 6. The van der Waals surface area contributed by atoms with Crippen molar-refractivity contribution in [1.82, 2.24) is 4.57 Å². The Kier molecular flexibility index (Phi) is 5.27. The van der Waals surface area contributed by atoms with Gasteiger partial charge < -0.3 is 18.8 Å². The Labute approximate surface area is 152 Å². The van der Waals surface area contributed by atoms with Gasteiger partial charge in [0.05, 0.1) is 25.5 Å². The summed E-state index contributed by atoms with van der Waals surface area (Å²) in [6.45, 7) is 0.261. The van der Waals surface area contributed by atoms with Crippen LogP contribution in [0.2, 0.25) is 0 Å². The van der Waals surface area contributed by atoms with E-state index >= 15 is 0 Å². The highest BCUT2D eigenvalue weighted by Crippen LogP contribution is 2.29. The number of carbonyl (C=O) groups excluding carboxylic acids is 1. The van der Waals surface area contributed by atoms with Crippen LogP contribution in [0.4, 0.5) is 0 Å². The zero-order valence-corrected chi connectivity index (χ0v) is 15.1. The Bertz CT molecular complexity index is 882. The summed E-state index contributed by atoms with van der Waals surface area (Å²) in [6.07, 6.45) is 1.90. The maximum atomic E-state index is 12.4. The molecule has 0 fully saturated rings. The van der Waals surface area contributed by atoms with Crippen molar-refractivity contribution in [3.63, 3.8) is 0 Å². The second kappa shape index (κ2) is 7.78. The highest BCUT2D eigenvalue weighted by atomic mass is 16.5. The highest BCUT2D eigenvalue weighted by Gasteiger charge is 2.23. The number of aromatic nitrogens is 1. The molecule has 0 amide bonds. The largest absolute Gasteiger partial charge is 0.497 e. The number of nitrogens with zero attached hydrogens (tertiary/aromatic N) is 1. The number of esters is 1. The second-order valence-electron chi connectivity index (χ2n) is 5.81. The number of carbonyl (C=O) groups is 1. The molecular formula is C21H21NO4. The lowest BCUT2D eigenvalue weighted by molar-refractivity contribution is 0.0599. The normalized spacial score (nSPS) is 10.4. The molecule has 0 unspecified atom stereocenters. The molecule has 134 valence electrons. The van der Waals surface area contributed by atoms with E-state index in [1.54, 1.807) is 7.11 Å². The van der Waals surface area contributed by atoms with Crippen molar-refractivity contribution in [3.8, 4) is 22.8 Å². The molecule has 0 bridgehead atoms. The van der Waals surface area contributed by atoms with Crippen LogP contribution in [0.25, 0.3) is 11.3 Å². The predicted octanol–water partition coefficient (Wildman–Crippen LogP) is 4.07. The monoisotopic (exact) mass is 351 g/mol. The SMILES string of the molecule is COC(=O)c1c(COc2ccc(OC)cc2)cn(C)c1-c1ccccc1. The first kappa shape index (κ1) is 17.6. The molecule has 0 saturated carbocycles. The number of hydrogen-bond donors (Lipinski definition) is 0. The number of ether oxygens (including phenoxy) is 3. The fourth-order valence-electron chi connectivity index (χ4n) is 2.91. The summed E-state index contributed by atoms with van der Waals surface area (Å²) in [6, 6.07) is 17.1. The molecule has 0 aliphatic carbocycles. The Morgan fingerprint density at radius 2 is 1.62 bits per heavy atom. The molecular weight excluding hydrogens is 330 g/mol. The second-order valence-corrected chi connectivity index (χ2v) is 5.81. The van der Waals surface area contributed by atoms with Crippen LogP contribution in [0.3, 0.4) is 0 Å². The molecule has 1 heterocycles. The third kappa shape index (κ3) is 3.57. The molecule has 0 aliphatic heterocycles. The molecule has 0 atom stereocenters. The van der Waals surface area contributed by atoms with E-state index in [0.29, 0.717) is 11.3 Å². The van der Waals surface area contributed by atoms with Crippen molar-refractivity contribution in [2.24, 2.45) is 7.05 Å². The Morgan fingerprint density at radius 3 is 2.23 bits per heavy atom. The molecule has 0 N–H and O–H groups in total. The highest BCUT2D eigenvalue weighted by molar-refractivity contribution is 5.98. The van der Waals surface area contributed by atoms with Gasteiger partial charge in [0.25, 0.3) is 0 Å². The van der Waals surface area contributed by atoms with Crippen LogP contribution in [0.1, 0.15) is 15.9 Å². The van der Waals surface area contributed by atoms with Gasteiger partial charge in [-0.1, -0.05) is 30.3 Å². The van der Waals surface area contributed by atoms with E-state index in [1.807, 2.05) is 72.4 Å². The van der Waals surface area contributed by atoms with Gasteiger partial charge in [-0.25, -0.2) is 4.79 Å². The first-order chi connectivity index (χ1) is 12.6. The van der Waals surface area contributed by atoms with Crippen LogP contribution >= 0.6 is 0 Å². The van der Waals surface area contributed by atoms with Crippen molar-refractivity contribution >= 4 is 5.97 Å².